The molecule has 0 aromatic heterocycles. The fourth-order valence-corrected chi connectivity index (χ4v) is 3.13. The SMILES string of the molecule is Cc1ccc(F)c(NS(=O)(=O)c2ccc(CN)c(C)c2)c1. The van der Waals surface area contributed by atoms with Gasteiger partial charge in [-0.2, -0.15) is 0 Å². The number of rotatable bonds is 4. The van der Waals surface area contributed by atoms with E-state index >= 15 is 0 Å². The number of nitrogens with one attached hydrogen (secondary N) is 1. The lowest BCUT2D eigenvalue weighted by Gasteiger charge is -2.11. The average molecular weight is 308 g/mol. The topological polar surface area (TPSA) is 72.2 Å². The summed E-state index contributed by atoms with van der Waals surface area (Å²) in [4.78, 5) is 0.0816. The van der Waals surface area contributed by atoms with Crippen molar-refractivity contribution >= 4 is 15.7 Å². The lowest BCUT2D eigenvalue weighted by Crippen LogP contribution is -2.14. The molecule has 0 heterocycles. The zero-order valence-corrected chi connectivity index (χ0v) is 12.7. The monoisotopic (exact) mass is 308 g/mol. The summed E-state index contributed by atoms with van der Waals surface area (Å²) >= 11 is 0. The Morgan fingerprint density at radius 2 is 1.86 bits per heavy atom. The van der Waals surface area contributed by atoms with E-state index in [4.69, 9.17) is 5.73 Å². The highest BCUT2D eigenvalue weighted by atomic mass is 32.2. The second-order valence-corrected chi connectivity index (χ2v) is 6.56. The molecule has 3 N–H and O–H groups in total. The van der Waals surface area contributed by atoms with Crippen molar-refractivity contribution < 1.29 is 12.8 Å². The zero-order chi connectivity index (χ0) is 15.6. The normalized spacial score (nSPS) is 11.4. The Labute approximate surface area is 123 Å². The minimum absolute atomic E-state index is 0.0597. The highest BCUT2D eigenvalue weighted by molar-refractivity contribution is 7.92. The van der Waals surface area contributed by atoms with Crippen molar-refractivity contribution in [1.29, 1.82) is 0 Å². The van der Waals surface area contributed by atoms with Crippen LogP contribution >= 0.6 is 0 Å². The number of anilines is 1. The maximum Gasteiger partial charge on any atom is 0.261 e. The van der Waals surface area contributed by atoms with E-state index in [0.29, 0.717) is 6.54 Å². The second-order valence-electron chi connectivity index (χ2n) is 4.88. The van der Waals surface area contributed by atoms with Crippen LogP contribution in [0, 0.1) is 19.7 Å². The van der Waals surface area contributed by atoms with Crippen LogP contribution < -0.4 is 10.5 Å². The number of aryl methyl sites for hydroxylation is 2. The van der Waals surface area contributed by atoms with E-state index in [-0.39, 0.29) is 10.6 Å². The maximum atomic E-state index is 13.7. The van der Waals surface area contributed by atoms with E-state index in [1.165, 1.54) is 24.3 Å². The summed E-state index contributed by atoms with van der Waals surface area (Å²) in [5, 5.41) is 0. The van der Waals surface area contributed by atoms with Crippen LogP contribution in [-0.2, 0) is 16.6 Å². The molecular weight excluding hydrogens is 291 g/mol. The van der Waals surface area contributed by atoms with E-state index in [0.717, 1.165) is 16.7 Å². The van der Waals surface area contributed by atoms with E-state index in [1.54, 1.807) is 26.0 Å². The Hall–Kier alpha value is -1.92. The molecule has 0 aliphatic carbocycles. The number of halogens is 1. The number of sulfonamides is 1. The molecule has 0 unspecified atom stereocenters. The lowest BCUT2D eigenvalue weighted by atomic mass is 10.1. The molecule has 21 heavy (non-hydrogen) atoms. The molecule has 0 amide bonds. The Morgan fingerprint density at radius 3 is 2.48 bits per heavy atom. The first-order valence-corrected chi connectivity index (χ1v) is 7.90. The molecule has 0 saturated heterocycles. The Kier molecular flexibility index (Phi) is 4.29. The molecule has 2 aromatic rings. The van der Waals surface area contributed by atoms with Gasteiger partial charge in [-0.1, -0.05) is 12.1 Å². The molecule has 4 nitrogen and oxygen atoms in total. The van der Waals surface area contributed by atoms with E-state index < -0.39 is 15.8 Å². The maximum absolute atomic E-state index is 13.7. The van der Waals surface area contributed by atoms with E-state index in [2.05, 4.69) is 4.72 Å². The summed E-state index contributed by atoms with van der Waals surface area (Å²) in [6.45, 7) is 3.89. The van der Waals surface area contributed by atoms with Crippen LogP contribution in [0.5, 0.6) is 0 Å². The summed E-state index contributed by atoms with van der Waals surface area (Å²) in [5.74, 6) is -0.612. The molecule has 0 aliphatic heterocycles. The quantitative estimate of drug-likeness (QED) is 0.912. The Bertz CT molecular complexity index is 773. The lowest BCUT2D eigenvalue weighted by molar-refractivity contribution is 0.598. The molecule has 0 saturated carbocycles. The Morgan fingerprint density at radius 1 is 1.14 bits per heavy atom. The molecule has 0 fully saturated rings. The van der Waals surface area contributed by atoms with Crippen LogP contribution in [0.1, 0.15) is 16.7 Å². The highest BCUT2D eigenvalue weighted by Crippen LogP contribution is 2.22. The van der Waals surface area contributed by atoms with Gasteiger partial charge in [0.1, 0.15) is 5.82 Å². The van der Waals surface area contributed by atoms with Gasteiger partial charge in [-0.25, -0.2) is 12.8 Å². The van der Waals surface area contributed by atoms with Crippen LogP contribution in [0.4, 0.5) is 10.1 Å². The third-order valence-corrected chi connectivity index (χ3v) is 4.57. The van der Waals surface area contributed by atoms with Crippen LogP contribution in [0.2, 0.25) is 0 Å². The van der Waals surface area contributed by atoms with Crippen LogP contribution in [0.15, 0.2) is 41.3 Å². The van der Waals surface area contributed by atoms with Gasteiger partial charge >= 0.3 is 0 Å². The summed E-state index contributed by atoms with van der Waals surface area (Å²) in [6, 6.07) is 8.91. The largest absolute Gasteiger partial charge is 0.326 e. The summed E-state index contributed by atoms with van der Waals surface area (Å²) in [5.41, 5.74) is 7.92. The van der Waals surface area contributed by atoms with Gasteiger partial charge in [0, 0.05) is 6.54 Å². The Balaban J connectivity index is 2.38. The minimum Gasteiger partial charge on any atom is -0.326 e. The van der Waals surface area contributed by atoms with Crippen LogP contribution in [-0.4, -0.2) is 8.42 Å². The first-order chi connectivity index (χ1) is 9.83. The molecule has 2 rings (SSSR count). The first kappa shape index (κ1) is 15.5. The summed E-state index contributed by atoms with van der Waals surface area (Å²) in [6.07, 6.45) is 0. The van der Waals surface area contributed by atoms with Crippen molar-refractivity contribution in [2.75, 3.05) is 4.72 Å². The van der Waals surface area contributed by atoms with Gasteiger partial charge in [0.2, 0.25) is 0 Å². The molecule has 0 radical (unpaired) electrons. The van der Waals surface area contributed by atoms with E-state index in [9.17, 15) is 12.8 Å². The fraction of sp³-hybridized carbons (Fsp3) is 0.200. The van der Waals surface area contributed by atoms with Crippen molar-refractivity contribution in [3.63, 3.8) is 0 Å². The van der Waals surface area contributed by atoms with Gasteiger partial charge in [0.05, 0.1) is 10.6 Å². The van der Waals surface area contributed by atoms with Crippen LogP contribution in [0.3, 0.4) is 0 Å². The number of benzene rings is 2. The molecular formula is C15H17FN2O2S. The van der Waals surface area contributed by atoms with Gasteiger partial charge < -0.3 is 5.73 Å². The van der Waals surface area contributed by atoms with Gasteiger partial charge in [-0.15, -0.1) is 0 Å². The summed E-state index contributed by atoms with van der Waals surface area (Å²) in [7, 11) is -3.83. The number of hydrogen-bond acceptors (Lipinski definition) is 3. The van der Waals surface area contributed by atoms with Crippen molar-refractivity contribution in [1.82, 2.24) is 0 Å². The number of nitrogens with two attached hydrogens (primary N) is 1. The number of hydrogen-bond donors (Lipinski definition) is 2. The molecule has 0 bridgehead atoms. The van der Waals surface area contributed by atoms with Gasteiger partial charge in [0.15, 0.2) is 0 Å². The minimum atomic E-state index is -3.83. The predicted octanol–water partition coefficient (Wildman–Crippen LogP) is 2.70. The fourth-order valence-electron chi connectivity index (χ4n) is 1.99. The predicted molar refractivity (Wildman–Crippen MR) is 81.0 cm³/mol. The zero-order valence-electron chi connectivity index (χ0n) is 11.9. The van der Waals surface area contributed by atoms with E-state index in [1.807, 2.05) is 0 Å². The van der Waals surface area contributed by atoms with Gasteiger partial charge in [-0.3, -0.25) is 4.72 Å². The van der Waals surface area contributed by atoms with Gasteiger partial charge in [0.25, 0.3) is 10.0 Å². The van der Waals surface area contributed by atoms with Crippen molar-refractivity contribution in [3.8, 4) is 0 Å². The smallest absolute Gasteiger partial charge is 0.261 e. The molecule has 2 aromatic carbocycles. The molecule has 0 aliphatic rings. The summed E-state index contributed by atoms with van der Waals surface area (Å²) < 4.78 is 40.6. The third kappa shape index (κ3) is 3.40. The third-order valence-electron chi connectivity index (χ3n) is 3.21. The van der Waals surface area contributed by atoms with Crippen molar-refractivity contribution in [2.24, 2.45) is 5.73 Å². The molecule has 0 atom stereocenters. The highest BCUT2D eigenvalue weighted by Gasteiger charge is 2.17. The molecule has 112 valence electrons. The second kappa shape index (κ2) is 5.83. The molecule has 0 spiro atoms. The molecule has 6 heteroatoms. The standard InChI is InChI=1S/C15H17FN2O2S/c1-10-3-6-14(16)15(7-10)18-21(19,20)13-5-4-12(9-17)11(2)8-13/h3-8,18H,9,17H2,1-2H3. The van der Waals surface area contributed by atoms with Crippen LogP contribution in [0.25, 0.3) is 0 Å². The first-order valence-electron chi connectivity index (χ1n) is 6.42. The van der Waals surface area contributed by atoms with Crippen molar-refractivity contribution in [2.45, 2.75) is 25.3 Å². The van der Waals surface area contributed by atoms with Gasteiger partial charge in [-0.05, 0) is 54.8 Å². The average Bonchev–Trinajstić information content (AvgIpc) is 2.42. The van der Waals surface area contributed by atoms with Crippen molar-refractivity contribution in [3.05, 3.63) is 58.9 Å².